The summed E-state index contributed by atoms with van der Waals surface area (Å²) >= 11 is 0. The van der Waals surface area contributed by atoms with Crippen LogP contribution < -0.4 is 0 Å². The molecule has 0 aromatic heterocycles. The van der Waals surface area contributed by atoms with E-state index < -0.39 is 6.10 Å². The van der Waals surface area contributed by atoms with Gasteiger partial charge in [-0.15, -0.1) is 0 Å². The van der Waals surface area contributed by atoms with E-state index in [1.54, 1.807) is 0 Å². The normalized spacial score (nSPS) is 14.1. The molecule has 0 bridgehead atoms. The van der Waals surface area contributed by atoms with Gasteiger partial charge in [-0.05, 0) is 6.42 Å². The summed E-state index contributed by atoms with van der Waals surface area (Å²) in [7, 11) is 0. The van der Waals surface area contributed by atoms with Crippen LogP contribution in [0, 0.1) is 5.92 Å². The highest BCUT2D eigenvalue weighted by Crippen LogP contribution is 2.17. The minimum atomic E-state index is -0.519. The molecule has 0 aliphatic carbocycles. The Morgan fingerprint density at radius 2 is 1.74 bits per heavy atom. The lowest BCUT2D eigenvalue weighted by Crippen LogP contribution is -2.25. The van der Waals surface area contributed by atoms with Gasteiger partial charge in [0.2, 0.25) is 0 Å². The second-order valence-corrected chi connectivity index (χ2v) is 5.29. The molecule has 1 rings (SSSR count). The molecule has 1 aromatic carbocycles. The third kappa shape index (κ3) is 5.56. The first-order chi connectivity index (χ1) is 9.16. The molecule has 2 nitrogen and oxygen atoms in total. The molecular formula is C17H26O2. The second kappa shape index (κ2) is 8.87. The zero-order chi connectivity index (χ0) is 14.1. The van der Waals surface area contributed by atoms with Gasteiger partial charge in [0.1, 0.15) is 0 Å². The number of unbranched alkanes of at least 4 members (excludes halogenated alkanes) is 4. The van der Waals surface area contributed by atoms with Crippen LogP contribution in [-0.4, -0.2) is 17.0 Å². The highest BCUT2D eigenvalue weighted by atomic mass is 16.3. The number of aliphatic hydroxyl groups is 1. The van der Waals surface area contributed by atoms with Gasteiger partial charge in [0, 0.05) is 11.5 Å². The SMILES string of the molecule is CCCCCCC[C@H](O)[C@H](C)C(=O)c1ccccc1. The summed E-state index contributed by atoms with van der Waals surface area (Å²) < 4.78 is 0. The number of hydrogen-bond donors (Lipinski definition) is 1. The van der Waals surface area contributed by atoms with Gasteiger partial charge in [-0.1, -0.05) is 76.3 Å². The standard InChI is InChI=1S/C17H26O2/c1-3-4-5-6-10-13-16(18)14(2)17(19)15-11-8-7-9-12-15/h7-9,11-12,14,16,18H,3-6,10,13H2,1-2H3/t14-,16-/m0/s1. The van der Waals surface area contributed by atoms with E-state index >= 15 is 0 Å². The summed E-state index contributed by atoms with van der Waals surface area (Å²) in [5, 5.41) is 10.1. The van der Waals surface area contributed by atoms with Crippen LogP contribution in [0.1, 0.15) is 62.7 Å². The maximum atomic E-state index is 12.2. The third-order valence-corrected chi connectivity index (χ3v) is 3.65. The Morgan fingerprint density at radius 3 is 2.37 bits per heavy atom. The lowest BCUT2D eigenvalue weighted by molar-refractivity contribution is 0.0683. The topological polar surface area (TPSA) is 37.3 Å². The van der Waals surface area contributed by atoms with Crippen molar-refractivity contribution in [2.45, 2.75) is 58.5 Å². The van der Waals surface area contributed by atoms with Crippen molar-refractivity contribution in [2.75, 3.05) is 0 Å². The lowest BCUT2D eigenvalue weighted by atomic mass is 9.91. The van der Waals surface area contributed by atoms with E-state index in [2.05, 4.69) is 6.92 Å². The largest absolute Gasteiger partial charge is 0.392 e. The summed E-state index contributed by atoms with van der Waals surface area (Å²) in [6.07, 6.45) is 6.08. The van der Waals surface area contributed by atoms with Gasteiger partial charge in [0.25, 0.3) is 0 Å². The molecule has 1 aromatic rings. The minimum Gasteiger partial charge on any atom is -0.392 e. The Morgan fingerprint density at radius 1 is 1.11 bits per heavy atom. The summed E-state index contributed by atoms with van der Waals surface area (Å²) in [4.78, 5) is 12.2. The van der Waals surface area contributed by atoms with Crippen LogP contribution in [0.15, 0.2) is 30.3 Å². The fourth-order valence-electron chi connectivity index (χ4n) is 2.25. The number of carbonyl (C=O) groups is 1. The number of aliphatic hydroxyl groups excluding tert-OH is 1. The average Bonchev–Trinajstić information content (AvgIpc) is 2.46. The molecule has 0 saturated heterocycles. The van der Waals surface area contributed by atoms with Crippen molar-refractivity contribution in [3.63, 3.8) is 0 Å². The van der Waals surface area contributed by atoms with Gasteiger partial charge >= 0.3 is 0 Å². The Labute approximate surface area is 116 Å². The van der Waals surface area contributed by atoms with Crippen molar-refractivity contribution in [1.82, 2.24) is 0 Å². The van der Waals surface area contributed by atoms with Gasteiger partial charge in [-0.3, -0.25) is 4.79 Å². The molecule has 0 aliphatic rings. The van der Waals surface area contributed by atoms with Crippen molar-refractivity contribution in [3.8, 4) is 0 Å². The van der Waals surface area contributed by atoms with E-state index in [1.807, 2.05) is 37.3 Å². The molecular weight excluding hydrogens is 236 g/mol. The zero-order valence-electron chi connectivity index (χ0n) is 12.1. The van der Waals surface area contributed by atoms with E-state index in [4.69, 9.17) is 0 Å². The van der Waals surface area contributed by atoms with Crippen molar-refractivity contribution in [1.29, 1.82) is 0 Å². The summed E-state index contributed by atoms with van der Waals surface area (Å²) in [5.74, 6) is -0.268. The lowest BCUT2D eigenvalue weighted by Gasteiger charge is -2.17. The van der Waals surface area contributed by atoms with Gasteiger partial charge in [0.15, 0.2) is 5.78 Å². The van der Waals surface area contributed by atoms with Crippen LogP contribution >= 0.6 is 0 Å². The molecule has 0 radical (unpaired) electrons. The van der Waals surface area contributed by atoms with Gasteiger partial charge in [0.05, 0.1) is 6.10 Å². The minimum absolute atomic E-state index is 0.0432. The molecule has 0 unspecified atom stereocenters. The molecule has 1 N–H and O–H groups in total. The molecule has 0 amide bonds. The smallest absolute Gasteiger partial charge is 0.168 e. The molecule has 0 fully saturated rings. The number of benzene rings is 1. The van der Waals surface area contributed by atoms with E-state index in [1.165, 1.54) is 19.3 Å². The van der Waals surface area contributed by atoms with Crippen molar-refractivity contribution >= 4 is 5.78 Å². The molecule has 0 saturated carbocycles. The van der Waals surface area contributed by atoms with Crippen LogP contribution in [0.4, 0.5) is 0 Å². The predicted molar refractivity (Wildman–Crippen MR) is 79.3 cm³/mol. The predicted octanol–water partition coefficient (Wildman–Crippen LogP) is 4.23. The first-order valence-electron chi connectivity index (χ1n) is 7.44. The summed E-state index contributed by atoms with van der Waals surface area (Å²) in [6.45, 7) is 4.02. The molecule has 2 atom stereocenters. The highest BCUT2D eigenvalue weighted by molar-refractivity contribution is 5.97. The van der Waals surface area contributed by atoms with Crippen LogP contribution in [0.25, 0.3) is 0 Å². The van der Waals surface area contributed by atoms with Crippen LogP contribution in [-0.2, 0) is 0 Å². The molecule has 19 heavy (non-hydrogen) atoms. The molecule has 0 heterocycles. The van der Waals surface area contributed by atoms with E-state index in [0.717, 1.165) is 19.3 Å². The molecule has 106 valence electrons. The third-order valence-electron chi connectivity index (χ3n) is 3.65. The number of rotatable bonds is 9. The first kappa shape index (κ1) is 15.9. The number of ketones is 1. The van der Waals surface area contributed by atoms with Gasteiger partial charge in [-0.25, -0.2) is 0 Å². The summed E-state index contributed by atoms with van der Waals surface area (Å²) in [5.41, 5.74) is 0.694. The van der Waals surface area contributed by atoms with Gasteiger partial charge < -0.3 is 5.11 Å². The Bertz CT molecular complexity index is 359. The van der Waals surface area contributed by atoms with Crippen LogP contribution in [0.5, 0.6) is 0 Å². The van der Waals surface area contributed by atoms with E-state index in [0.29, 0.717) is 5.56 Å². The highest BCUT2D eigenvalue weighted by Gasteiger charge is 2.22. The fourth-order valence-corrected chi connectivity index (χ4v) is 2.25. The van der Waals surface area contributed by atoms with E-state index in [-0.39, 0.29) is 11.7 Å². The number of hydrogen-bond acceptors (Lipinski definition) is 2. The van der Waals surface area contributed by atoms with Crippen molar-refractivity contribution in [2.24, 2.45) is 5.92 Å². The molecule has 2 heteroatoms. The van der Waals surface area contributed by atoms with Crippen LogP contribution in [0.2, 0.25) is 0 Å². The Kier molecular flexibility index (Phi) is 7.42. The molecule has 0 spiro atoms. The van der Waals surface area contributed by atoms with Crippen LogP contribution in [0.3, 0.4) is 0 Å². The number of carbonyl (C=O) groups excluding carboxylic acids is 1. The quantitative estimate of drug-likeness (QED) is 0.534. The zero-order valence-corrected chi connectivity index (χ0v) is 12.1. The number of Topliss-reactive ketones (excluding diaryl/α,β-unsaturated/α-hetero) is 1. The monoisotopic (exact) mass is 262 g/mol. The fraction of sp³-hybridized carbons (Fsp3) is 0.588. The first-order valence-corrected chi connectivity index (χ1v) is 7.44. The van der Waals surface area contributed by atoms with Crippen molar-refractivity contribution in [3.05, 3.63) is 35.9 Å². The average molecular weight is 262 g/mol. The van der Waals surface area contributed by atoms with E-state index in [9.17, 15) is 9.90 Å². The van der Waals surface area contributed by atoms with Gasteiger partial charge in [-0.2, -0.15) is 0 Å². The maximum Gasteiger partial charge on any atom is 0.168 e. The second-order valence-electron chi connectivity index (χ2n) is 5.29. The summed E-state index contributed by atoms with van der Waals surface area (Å²) in [6, 6.07) is 9.24. The van der Waals surface area contributed by atoms with Crippen molar-refractivity contribution < 1.29 is 9.90 Å². The maximum absolute atomic E-state index is 12.2. The molecule has 0 aliphatic heterocycles. The Balaban J connectivity index is 2.35. The Hall–Kier alpha value is -1.15.